The van der Waals surface area contributed by atoms with Crippen molar-refractivity contribution in [3.63, 3.8) is 0 Å². The van der Waals surface area contributed by atoms with E-state index in [1.54, 1.807) is 13.2 Å². The predicted molar refractivity (Wildman–Crippen MR) is 129 cm³/mol. The van der Waals surface area contributed by atoms with Crippen LogP contribution in [0.25, 0.3) is 11.1 Å². The number of hydrogen-bond acceptors (Lipinski definition) is 4. The molecule has 2 atom stereocenters. The van der Waals surface area contributed by atoms with Gasteiger partial charge >= 0.3 is 5.97 Å². The van der Waals surface area contributed by atoms with E-state index in [2.05, 4.69) is 35.2 Å². The van der Waals surface area contributed by atoms with Crippen LogP contribution in [0.15, 0.2) is 72.8 Å². The second kappa shape index (κ2) is 10.2. The molecule has 4 rings (SSSR count). The monoisotopic (exact) mass is 449 g/mol. The first-order chi connectivity index (χ1) is 15.6. The normalized spacial score (nSPS) is 17.1. The van der Waals surface area contributed by atoms with Crippen molar-refractivity contribution in [1.29, 1.82) is 0 Å². The molecule has 0 bridgehead atoms. The summed E-state index contributed by atoms with van der Waals surface area (Å²) in [6.45, 7) is 1.84. The lowest BCUT2D eigenvalue weighted by Gasteiger charge is -2.38. The number of carbonyl (C=O) groups excluding carboxylic acids is 1. The zero-order valence-corrected chi connectivity index (χ0v) is 19.2. The number of anilines is 1. The Bertz CT molecular complexity index is 1050. The van der Waals surface area contributed by atoms with Crippen LogP contribution in [-0.4, -0.2) is 33.3 Å². The fraction of sp³-hybridized carbons (Fsp3) is 0.296. The predicted octanol–water partition coefficient (Wildman–Crippen LogP) is 6.40. The Kier molecular flexibility index (Phi) is 7.13. The molecule has 32 heavy (non-hydrogen) atoms. The smallest absolute Gasteiger partial charge is 0.337 e. The lowest BCUT2D eigenvalue weighted by atomic mass is 9.87. The number of methoxy groups -OCH3 is 2. The highest BCUT2D eigenvalue weighted by atomic mass is 35.5. The largest absolute Gasteiger partial charge is 0.465 e. The SMILES string of the molecule is COC(=O)c1cccc(N2CCCC(C(OC)c3ccc(-c4ccc(Cl)cc4)cc3)C2)c1. The molecule has 3 aromatic carbocycles. The maximum absolute atomic E-state index is 11.9. The molecular weight excluding hydrogens is 422 g/mol. The van der Waals surface area contributed by atoms with Crippen molar-refractivity contribution in [3.05, 3.63) is 88.9 Å². The summed E-state index contributed by atoms with van der Waals surface area (Å²) in [5.74, 6) is 0.0490. The molecule has 0 saturated carbocycles. The third kappa shape index (κ3) is 4.98. The summed E-state index contributed by atoms with van der Waals surface area (Å²) < 4.78 is 10.9. The van der Waals surface area contributed by atoms with Gasteiger partial charge in [0.15, 0.2) is 0 Å². The summed E-state index contributed by atoms with van der Waals surface area (Å²) in [4.78, 5) is 14.3. The van der Waals surface area contributed by atoms with E-state index in [1.165, 1.54) is 12.7 Å². The van der Waals surface area contributed by atoms with E-state index >= 15 is 0 Å². The van der Waals surface area contributed by atoms with Gasteiger partial charge in [-0.25, -0.2) is 4.79 Å². The zero-order valence-electron chi connectivity index (χ0n) is 18.5. The number of carbonyl (C=O) groups is 1. The third-order valence-electron chi connectivity index (χ3n) is 6.19. The van der Waals surface area contributed by atoms with Gasteiger partial charge in [-0.3, -0.25) is 0 Å². The minimum atomic E-state index is -0.309. The lowest BCUT2D eigenvalue weighted by molar-refractivity contribution is 0.0449. The molecule has 0 radical (unpaired) electrons. The molecule has 0 amide bonds. The Morgan fingerprint density at radius 2 is 1.69 bits per heavy atom. The number of nitrogens with zero attached hydrogens (tertiary/aromatic N) is 1. The minimum absolute atomic E-state index is 0.0147. The second-order valence-corrected chi connectivity index (χ2v) is 8.61. The van der Waals surface area contributed by atoms with E-state index in [1.807, 2.05) is 36.4 Å². The van der Waals surface area contributed by atoms with Crippen LogP contribution in [0.5, 0.6) is 0 Å². The van der Waals surface area contributed by atoms with Gasteiger partial charge < -0.3 is 14.4 Å². The summed E-state index contributed by atoms with van der Waals surface area (Å²) >= 11 is 6.01. The first-order valence-corrected chi connectivity index (χ1v) is 11.3. The topological polar surface area (TPSA) is 38.8 Å². The highest BCUT2D eigenvalue weighted by Crippen LogP contribution is 2.35. The van der Waals surface area contributed by atoms with Crippen molar-refractivity contribution in [2.45, 2.75) is 18.9 Å². The van der Waals surface area contributed by atoms with Crippen LogP contribution in [0, 0.1) is 5.92 Å². The molecule has 0 aliphatic carbocycles. The Balaban J connectivity index is 1.50. The van der Waals surface area contributed by atoms with Crippen molar-refractivity contribution in [2.24, 2.45) is 5.92 Å². The van der Waals surface area contributed by atoms with Gasteiger partial charge in [-0.05, 0) is 59.9 Å². The number of benzene rings is 3. The Morgan fingerprint density at radius 3 is 2.34 bits per heavy atom. The fourth-order valence-corrected chi connectivity index (χ4v) is 4.67. The van der Waals surface area contributed by atoms with Crippen molar-refractivity contribution in [2.75, 3.05) is 32.2 Å². The van der Waals surface area contributed by atoms with E-state index in [9.17, 15) is 4.79 Å². The molecule has 166 valence electrons. The lowest BCUT2D eigenvalue weighted by Crippen LogP contribution is -2.38. The van der Waals surface area contributed by atoms with E-state index in [0.29, 0.717) is 11.5 Å². The number of hydrogen-bond donors (Lipinski definition) is 0. The first kappa shape index (κ1) is 22.4. The average Bonchev–Trinajstić information content (AvgIpc) is 2.85. The first-order valence-electron chi connectivity index (χ1n) is 10.9. The Labute approximate surface area is 194 Å². The zero-order chi connectivity index (χ0) is 22.5. The second-order valence-electron chi connectivity index (χ2n) is 8.18. The van der Waals surface area contributed by atoms with Crippen LogP contribution in [0.2, 0.25) is 5.02 Å². The standard InChI is InChI=1S/C27H28ClNO3/c1-31-26(21-10-8-19(9-11-21)20-12-14-24(28)15-13-20)23-6-4-16-29(18-23)25-7-3-5-22(17-25)27(30)32-2/h3,5,7-15,17,23,26H,4,6,16,18H2,1-2H3. The maximum Gasteiger partial charge on any atom is 0.337 e. The van der Waals surface area contributed by atoms with E-state index < -0.39 is 0 Å². The van der Waals surface area contributed by atoms with Crippen LogP contribution in [-0.2, 0) is 9.47 Å². The van der Waals surface area contributed by atoms with Gasteiger partial charge in [-0.1, -0.05) is 54.1 Å². The quantitative estimate of drug-likeness (QED) is 0.408. The van der Waals surface area contributed by atoms with Crippen LogP contribution in [0.4, 0.5) is 5.69 Å². The molecule has 5 heteroatoms. The van der Waals surface area contributed by atoms with Gasteiger partial charge in [0.1, 0.15) is 0 Å². The van der Waals surface area contributed by atoms with Gasteiger partial charge in [0.05, 0.1) is 18.8 Å². The molecule has 0 aromatic heterocycles. The van der Waals surface area contributed by atoms with Crippen LogP contribution < -0.4 is 4.90 Å². The Morgan fingerprint density at radius 1 is 1.00 bits per heavy atom. The van der Waals surface area contributed by atoms with Crippen LogP contribution in [0.1, 0.15) is 34.9 Å². The molecule has 0 spiro atoms. The molecule has 2 unspecified atom stereocenters. The summed E-state index contributed by atoms with van der Waals surface area (Å²) in [6.07, 6.45) is 2.20. The number of esters is 1. The van der Waals surface area contributed by atoms with Crippen molar-refractivity contribution in [1.82, 2.24) is 0 Å². The fourth-order valence-electron chi connectivity index (χ4n) is 4.55. The molecule has 3 aromatic rings. The Hall–Kier alpha value is -2.82. The number of halogens is 1. The van der Waals surface area contributed by atoms with Gasteiger partial charge in [0, 0.05) is 36.8 Å². The van der Waals surface area contributed by atoms with Crippen LogP contribution in [0.3, 0.4) is 0 Å². The summed E-state index contributed by atoms with van der Waals surface area (Å²) in [5, 5.41) is 0.740. The molecule has 1 fully saturated rings. The third-order valence-corrected chi connectivity index (χ3v) is 6.44. The summed E-state index contributed by atoms with van der Waals surface area (Å²) in [5.41, 5.74) is 5.11. The van der Waals surface area contributed by atoms with E-state index in [0.717, 1.165) is 47.8 Å². The molecule has 4 nitrogen and oxygen atoms in total. The number of piperidine rings is 1. The van der Waals surface area contributed by atoms with E-state index in [-0.39, 0.29) is 12.1 Å². The minimum Gasteiger partial charge on any atom is -0.465 e. The van der Waals surface area contributed by atoms with Gasteiger partial charge in [0.25, 0.3) is 0 Å². The summed E-state index contributed by atoms with van der Waals surface area (Å²) in [6, 6.07) is 24.2. The molecule has 1 aliphatic heterocycles. The molecular formula is C27H28ClNO3. The molecule has 1 saturated heterocycles. The number of ether oxygens (including phenoxy) is 2. The van der Waals surface area contributed by atoms with Crippen LogP contribution >= 0.6 is 11.6 Å². The van der Waals surface area contributed by atoms with Crippen molar-refractivity contribution < 1.29 is 14.3 Å². The van der Waals surface area contributed by atoms with Crippen molar-refractivity contribution >= 4 is 23.3 Å². The number of rotatable bonds is 6. The van der Waals surface area contributed by atoms with Crippen molar-refractivity contribution in [3.8, 4) is 11.1 Å². The molecule has 1 aliphatic rings. The van der Waals surface area contributed by atoms with E-state index in [4.69, 9.17) is 21.1 Å². The van der Waals surface area contributed by atoms with Gasteiger partial charge in [-0.15, -0.1) is 0 Å². The van der Waals surface area contributed by atoms with Gasteiger partial charge in [-0.2, -0.15) is 0 Å². The summed E-state index contributed by atoms with van der Waals surface area (Å²) in [7, 11) is 3.20. The molecule has 1 heterocycles. The highest BCUT2D eigenvalue weighted by Gasteiger charge is 2.29. The maximum atomic E-state index is 11.9. The highest BCUT2D eigenvalue weighted by molar-refractivity contribution is 6.30. The van der Waals surface area contributed by atoms with Gasteiger partial charge in [0.2, 0.25) is 0 Å². The molecule has 0 N–H and O–H groups in total. The average molecular weight is 450 g/mol.